The molecule has 0 spiro atoms. The summed E-state index contributed by atoms with van der Waals surface area (Å²) in [6.07, 6.45) is 7.20. The molecule has 1 saturated carbocycles. The van der Waals surface area contributed by atoms with Gasteiger partial charge in [-0.25, -0.2) is 0 Å². The van der Waals surface area contributed by atoms with Crippen LogP contribution in [0.5, 0.6) is 0 Å². The molecular weight excluding hydrogens is 538 g/mol. The van der Waals surface area contributed by atoms with Crippen LogP contribution in [0.3, 0.4) is 0 Å². The van der Waals surface area contributed by atoms with Gasteiger partial charge in [-0.05, 0) is 67.2 Å². The van der Waals surface area contributed by atoms with E-state index in [2.05, 4.69) is 10.6 Å². The highest BCUT2D eigenvalue weighted by molar-refractivity contribution is 6.30. The second-order valence-corrected chi connectivity index (χ2v) is 11.8. The average Bonchev–Trinajstić information content (AvgIpc) is 2.98. The second-order valence-electron chi connectivity index (χ2n) is 11.4. The van der Waals surface area contributed by atoms with Gasteiger partial charge in [0.1, 0.15) is 11.9 Å². The summed E-state index contributed by atoms with van der Waals surface area (Å²) in [4.78, 5) is 29.4. The first kappa shape index (κ1) is 30.4. The van der Waals surface area contributed by atoms with Gasteiger partial charge in [0.15, 0.2) is 5.96 Å². The molecule has 10 heteroatoms. The Labute approximate surface area is 247 Å². The van der Waals surface area contributed by atoms with Crippen molar-refractivity contribution in [1.29, 1.82) is 10.8 Å². The number of piperidine rings is 1. The second kappa shape index (κ2) is 14.3. The highest BCUT2D eigenvalue weighted by Crippen LogP contribution is 2.29. The minimum Gasteiger partial charge on any atom is -0.384 e. The summed E-state index contributed by atoms with van der Waals surface area (Å²) < 4.78 is 0. The monoisotopic (exact) mass is 579 g/mol. The number of halogens is 1. The van der Waals surface area contributed by atoms with E-state index in [0.29, 0.717) is 42.6 Å². The van der Waals surface area contributed by atoms with Gasteiger partial charge >= 0.3 is 0 Å². The summed E-state index contributed by atoms with van der Waals surface area (Å²) in [5.74, 6) is -0.399. The van der Waals surface area contributed by atoms with Crippen molar-refractivity contribution in [2.45, 2.75) is 63.3 Å². The van der Waals surface area contributed by atoms with Crippen molar-refractivity contribution in [1.82, 2.24) is 15.5 Å². The number of guanidine groups is 1. The zero-order chi connectivity index (χ0) is 29.4. The van der Waals surface area contributed by atoms with Crippen LogP contribution in [-0.4, -0.2) is 54.2 Å². The van der Waals surface area contributed by atoms with Gasteiger partial charge in [-0.15, -0.1) is 0 Å². The molecule has 41 heavy (non-hydrogen) atoms. The molecule has 220 valence electrons. The molecular formula is C31H42ClN7O2. The number of likely N-dealkylation sites (tertiary alicyclic amines) is 1. The van der Waals surface area contributed by atoms with E-state index in [9.17, 15) is 9.59 Å². The molecule has 0 bridgehead atoms. The third-order valence-electron chi connectivity index (χ3n) is 8.49. The van der Waals surface area contributed by atoms with Crippen molar-refractivity contribution in [3.63, 3.8) is 0 Å². The van der Waals surface area contributed by atoms with E-state index in [4.69, 9.17) is 33.9 Å². The Bertz CT molecular complexity index is 1220. The van der Waals surface area contributed by atoms with Crippen molar-refractivity contribution >= 4 is 35.2 Å². The van der Waals surface area contributed by atoms with Crippen LogP contribution in [0.25, 0.3) is 0 Å². The smallest absolute Gasteiger partial charge is 0.242 e. The van der Waals surface area contributed by atoms with Crippen molar-refractivity contribution in [3.8, 4) is 0 Å². The van der Waals surface area contributed by atoms with Crippen molar-refractivity contribution < 1.29 is 9.59 Å². The number of nitrogens with two attached hydrogens (primary N) is 2. The van der Waals surface area contributed by atoms with Gasteiger partial charge < -0.3 is 27.0 Å². The Hall–Kier alpha value is -3.59. The molecule has 2 fully saturated rings. The van der Waals surface area contributed by atoms with Gasteiger partial charge in [-0.1, -0.05) is 67.3 Å². The van der Waals surface area contributed by atoms with Gasteiger partial charge in [-0.2, -0.15) is 0 Å². The number of hydrogen-bond acceptors (Lipinski definition) is 4. The molecule has 2 unspecified atom stereocenters. The fourth-order valence-electron chi connectivity index (χ4n) is 5.99. The third kappa shape index (κ3) is 8.45. The van der Waals surface area contributed by atoms with Gasteiger partial charge in [-0.3, -0.25) is 20.4 Å². The lowest BCUT2D eigenvalue weighted by Crippen LogP contribution is -2.53. The number of carbonyl (C=O) groups excluding carboxylic acids is 2. The van der Waals surface area contributed by atoms with Crippen LogP contribution in [0.2, 0.25) is 5.02 Å². The third-order valence-corrected chi connectivity index (χ3v) is 8.73. The Balaban J connectivity index is 1.49. The number of benzene rings is 2. The fourth-order valence-corrected chi connectivity index (χ4v) is 6.19. The molecule has 9 nitrogen and oxygen atoms in total. The first-order chi connectivity index (χ1) is 19.7. The quantitative estimate of drug-likeness (QED) is 0.186. The Morgan fingerprint density at radius 2 is 1.63 bits per heavy atom. The number of rotatable bonds is 10. The number of nitrogen functional groups attached to an aromatic ring is 1. The molecule has 0 aromatic heterocycles. The molecule has 2 amide bonds. The zero-order valence-electron chi connectivity index (χ0n) is 23.5. The van der Waals surface area contributed by atoms with Crippen molar-refractivity contribution in [2.24, 2.45) is 23.3 Å². The molecule has 2 aliphatic rings. The Morgan fingerprint density at radius 3 is 2.24 bits per heavy atom. The maximum atomic E-state index is 14.0. The molecule has 4 rings (SSSR count). The van der Waals surface area contributed by atoms with Crippen molar-refractivity contribution in [3.05, 3.63) is 70.2 Å². The standard InChI is InChI=1S/C31H42ClN7O2/c32-25-8-4-7-24(18-25)26(17-20-9-11-23(12-10-20)28(33)34)29(40)38-27(22-5-2-1-3-6-22)30(41)37-19-21-13-15-39(16-14-21)31(35)36/h4,7-12,18,21-22,26-27H,1-3,5-6,13-17,19H2,(H3,33,34)(H3,35,36)(H,37,41)(H,38,40). The topological polar surface area (TPSA) is 161 Å². The van der Waals surface area contributed by atoms with E-state index in [-0.39, 0.29) is 29.5 Å². The molecule has 8 N–H and O–H groups in total. The first-order valence-electron chi connectivity index (χ1n) is 14.6. The van der Waals surface area contributed by atoms with Gasteiger partial charge in [0.2, 0.25) is 11.8 Å². The summed E-state index contributed by atoms with van der Waals surface area (Å²) in [7, 11) is 0. The van der Waals surface area contributed by atoms with E-state index in [0.717, 1.165) is 56.1 Å². The molecule has 1 heterocycles. The van der Waals surface area contributed by atoms with Crippen LogP contribution in [0.15, 0.2) is 48.5 Å². The Morgan fingerprint density at radius 1 is 0.951 bits per heavy atom. The minimum atomic E-state index is -0.609. The maximum absolute atomic E-state index is 14.0. The van der Waals surface area contributed by atoms with Crippen LogP contribution in [-0.2, 0) is 16.0 Å². The molecule has 1 saturated heterocycles. The van der Waals surface area contributed by atoms with Crippen molar-refractivity contribution in [2.75, 3.05) is 19.6 Å². The number of amides is 2. The van der Waals surface area contributed by atoms with Crippen LogP contribution in [0, 0.1) is 22.7 Å². The first-order valence-corrected chi connectivity index (χ1v) is 14.9. The molecule has 2 aromatic carbocycles. The van der Waals surface area contributed by atoms with Gasteiger partial charge in [0.05, 0.1) is 5.92 Å². The molecule has 2 atom stereocenters. The van der Waals surface area contributed by atoms with E-state index in [1.807, 2.05) is 29.2 Å². The highest BCUT2D eigenvalue weighted by Gasteiger charge is 2.34. The number of hydrogen-bond donors (Lipinski definition) is 6. The van der Waals surface area contributed by atoms with Crippen LogP contribution in [0.1, 0.15) is 67.6 Å². The number of carbonyl (C=O) groups is 2. The molecule has 1 aliphatic heterocycles. The van der Waals surface area contributed by atoms with E-state index < -0.39 is 12.0 Å². The fraction of sp³-hybridized carbons (Fsp3) is 0.484. The molecule has 2 aromatic rings. The number of nitrogens with zero attached hydrogens (tertiary/aromatic N) is 1. The van der Waals surface area contributed by atoms with Crippen LogP contribution >= 0.6 is 11.6 Å². The van der Waals surface area contributed by atoms with E-state index in [1.165, 1.54) is 0 Å². The highest BCUT2D eigenvalue weighted by atomic mass is 35.5. The normalized spacial score (nSPS) is 17.8. The largest absolute Gasteiger partial charge is 0.384 e. The van der Waals surface area contributed by atoms with Gasteiger partial charge in [0.25, 0.3) is 0 Å². The summed E-state index contributed by atoms with van der Waals surface area (Å²) in [5, 5.41) is 22.1. The van der Waals surface area contributed by atoms with Gasteiger partial charge in [0, 0.05) is 30.2 Å². The summed E-state index contributed by atoms with van der Waals surface area (Å²) in [6.45, 7) is 1.98. The average molecular weight is 580 g/mol. The lowest BCUT2D eigenvalue weighted by molar-refractivity contribution is -0.131. The SMILES string of the molecule is N=C(N)c1ccc(CC(C(=O)NC(C(=O)NCC2CCN(C(=N)N)CC2)C2CCCCC2)c2cccc(Cl)c2)cc1. The number of amidine groups is 1. The van der Waals surface area contributed by atoms with Crippen LogP contribution in [0.4, 0.5) is 0 Å². The molecule has 1 aliphatic carbocycles. The lowest BCUT2D eigenvalue weighted by Gasteiger charge is -2.34. The summed E-state index contributed by atoms with van der Waals surface area (Å²) in [6, 6.07) is 14.0. The lowest BCUT2D eigenvalue weighted by atomic mass is 9.82. The van der Waals surface area contributed by atoms with Crippen LogP contribution < -0.4 is 22.1 Å². The zero-order valence-corrected chi connectivity index (χ0v) is 24.3. The Kier molecular flexibility index (Phi) is 10.6. The summed E-state index contributed by atoms with van der Waals surface area (Å²) >= 11 is 6.32. The number of nitrogens with one attached hydrogen (secondary N) is 4. The van der Waals surface area contributed by atoms with E-state index in [1.54, 1.807) is 24.3 Å². The van der Waals surface area contributed by atoms with E-state index >= 15 is 0 Å². The minimum absolute atomic E-state index is 0.00794. The predicted octanol–water partition coefficient (Wildman–Crippen LogP) is 3.74. The molecule has 0 radical (unpaired) electrons. The predicted molar refractivity (Wildman–Crippen MR) is 163 cm³/mol. The maximum Gasteiger partial charge on any atom is 0.242 e. The summed E-state index contributed by atoms with van der Waals surface area (Å²) in [5.41, 5.74) is 13.6.